The van der Waals surface area contributed by atoms with E-state index in [4.69, 9.17) is 18.9 Å². The first-order valence-corrected chi connectivity index (χ1v) is 13.9. The molecule has 0 aliphatic carbocycles. The molecule has 8 nitrogen and oxygen atoms in total. The van der Waals surface area contributed by atoms with Gasteiger partial charge in [0.2, 0.25) is 0 Å². The Hall–Kier alpha value is -4.92. The topological polar surface area (TPSA) is 105 Å². The van der Waals surface area contributed by atoms with Gasteiger partial charge in [0, 0.05) is 22.3 Å². The van der Waals surface area contributed by atoms with Crippen LogP contribution in [0.15, 0.2) is 109 Å². The molecule has 4 aromatic rings. The number of carbonyl (C=O) groups is 4. The average molecular weight is 581 g/mol. The molecule has 1 unspecified atom stereocenters. The molecule has 0 aliphatic rings. The van der Waals surface area contributed by atoms with E-state index in [9.17, 15) is 19.2 Å². The second-order valence-corrected chi connectivity index (χ2v) is 9.51. The molecule has 0 N–H and O–H groups in total. The van der Waals surface area contributed by atoms with Crippen molar-refractivity contribution in [1.82, 2.24) is 0 Å². The fraction of sp³-hybridized carbons (Fsp3) is 0.200. The molecule has 0 heterocycles. The van der Waals surface area contributed by atoms with Gasteiger partial charge in [-0.2, -0.15) is 0 Å². The van der Waals surface area contributed by atoms with Crippen LogP contribution in [0, 0.1) is 0 Å². The van der Waals surface area contributed by atoms with Crippen LogP contribution in [-0.2, 0) is 18.9 Å². The van der Waals surface area contributed by atoms with Crippen molar-refractivity contribution in [2.75, 3.05) is 33.0 Å². The summed E-state index contributed by atoms with van der Waals surface area (Å²) in [5.41, 5.74) is 1.89. The molecule has 0 fully saturated rings. The van der Waals surface area contributed by atoms with Gasteiger partial charge in [-0.25, -0.2) is 9.59 Å². The summed E-state index contributed by atoms with van der Waals surface area (Å²) in [7, 11) is 0. The van der Waals surface area contributed by atoms with Crippen LogP contribution >= 0.6 is 0 Å². The lowest BCUT2D eigenvalue weighted by Crippen LogP contribution is -2.22. The number of hydrogen-bond acceptors (Lipinski definition) is 8. The molecule has 1 atom stereocenters. The summed E-state index contributed by atoms with van der Waals surface area (Å²) in [5.74, 6) is -1.74. The van der Waals surface area contributed by atoms with Crippen molar-refractivity contribution < 1.29 is 38.1 Å². The number of esters is 2. The maximum absolute atomic E-state index is 12.9. The standard InChI is InChI=1S/C35H32O8/c1-25(41-22-23-43-35(39)31-19-11-9-17-29(31)33(37)27-14-6-3-7-15-27)24-40-20-21-42-34(38)30-18-10-8-16-28(30)32(36)26-12-4-2-5-13-26/h2-19,25H,20-24H2,1H3. The van der Waals surface area contributed by atoms with Gasteiger partial charge in [-0.15, -0.1) is 0 Å². The molecule has 0 saturated heterocycles. The number of carbonyl (C=O) groups excluding carboxylic acids is 4. The largest absolute Gasteiger partial charge is 0.460 e. The van der Waals surface area contributed by atoms with Crippen LogP contribution in [0.3, 0.4) is 0 Å². The van der Waals surface area contributed by atoms with Crippen LogP contribution < -0.4 is 0 Å². The van der Waals surface area contributed by atoms with E-state index in [2.05, 4.69) is 0 Å². The van der Waals surface area contributed by atoms with Crippen LogP contribution in [-0.4, -0.2) is 62.6 Å². The lowest BCUT2D eigenvalue weighted by molar-refractivity contribution is -0.0324. The Balaban J connectivity index is 1.15. The highest BCUT2D eigenvalue weighted by atomic mass is 16.6. The predicted molar refractivity (Wildman–Crippen MR) is 159 cm³/mol. The Labute approximate surface area is 250 Å². The van der Waals surface area contributed by atoms with E-state index in [-0.39, 0.29) is 73.0 Å². The van der Waals surface area contributed by atoms with E-state index in [0.29, 0.717) is 11.1 Å². The monoisotopic (exact) mass is 580 g/mol. The molecule has 0 amide bonds. The zero-order chi connectivity index (χ0) is 30.4. The first-order valence-electron chi connectivity index (χ1n) is 13.9. The minimum Gasteiger partial charge on any atom is -0.460 e. The highest BCUT2D eigenvalue weighted by Crippen LogP contribution is 2.17. The minimum absolute atomic E-state index is 0.00185. The maximum atomic E-state index is 12.9. The molecule has 0 bridgehead atoms. The maximum Gasteiger partial charge on any atom is 0.338 e. The molecule has 0 aromatic heterocycles. The zero-order valence-electron chi connectivity index (χ0n) is 23.8. The smallest absolute Gasteiger partial charge is 0.338 e. The normalized spacial score (nSPS) is 11.4. The summed E-state index contributed by atoms with van der Waals surface area (Å²) in [6.07, 6.45) is -0.314. The Bertz CT molecular complexity index is 1530. The van der Waals surface area contributed by atoms with Crippen molar-refractivity contribution in [1.29, 1.82) is 0 Å². The third-order valence-corrected chi connectivity index (χ3v) is 6.39. The minimum atomic E-state index is -0.610. The van der Waals surface area contributed by atoms with Crippen LogP contribution in [0.5, 0.6) is 0 Å². The predicted octanol–water partition coefficient (Wildman–Crippen LogP) is 5.58. The fourth-order valence-corrected chi connectivity index (χ4v) is 4.24. The van der Waals surface area contributed by atoms with E-state index in [1.165, 1.54) is 0 Å². The molecular weight excluding hydrogens is 548 g/mol. The van der Waals surface area contributed by atoms with E-state index in [0.717, 1.165) is 0 Å². The van der Waals surface area contributed by atoms with Gasteiger partial charge >= 0.3 is 11.9 Å². The quantitative estimate of drug-likeness (QED) is 0.102. The summed E-state index contributed by atoms with van der Waals surface area (Å²) >= 11 is 0. The van der Waals surface area contributed by atoms with Gasteiger partial charge in [0.05, 0.1) is 37.1 Å². The fourth-order valence-electron chi connectivity index (χ4n) is 4.24. The van der Waals surface area contributed by atoms with Crippen molar-refractivity contribution in [3.8, 4) is 0 Å². The number of benzene rings is 4. The van der Waals surface area contributed by atoms with Crippen LogP contribution in [0.4, 0.5) is 0 Å². The first kappa shape index (κ1) is 31.0. The van der Waals surface area contributed by atoms with Gasteiger partial charge < -0.3 is 18.9 Å². The van der Waals surface area contributed by atoms with Crippen molar-refractivity contribution in [2.24, 2.45) is 0 Å². The second kappa shape index (κ2) is 15.9. The Morgan fingerprint density at radius 1 is 0.512 bits per heavy atom. The van der Waals surface area contributed by atoms with Crippen LogP contribution in [0.1, 0.15) is 59.5 Å². The first-order chi connectivity index (χ1) is 21.0. The van der Waals surface area contributed by atoms with Gasteiger partial charge in [-0.05, 0) is 19.1 Å². The van der Waals surface area contributed by atoms with Crippen molar-refractivity contribution in [3.05, 3.63) is 143 Å². The molecular formula is C35H32O8. The van der Waals surface area contributed by atoms with E-state index in [1.807, 2.05) is 12.1 Å². The average Bonchev–Trinajstić information content (AvgIpc) is 3.06. The van der Waals surface area contributed by atoms with E-state index in [1.54, 1.807) is 104 Å². The molecule has 220 valence electrons. The summed E-state index contributed by atoms with van der Waals surface area (Å²) in [5, 5.41) is 0. The van der Waals surface area contributed by atoms with E-state index >= 15 is 0 Å². The molecule has 0 aliphatic heterocycles. The van der Waals surface area contributed by atoms with Crippen molar-refractivity contribution >= 4 is 23.5 Å². The SMILES string of the molecule is CC(COCCOC(=O)c1ccccc1C(=O)c1ccccc1)OCCOC(=O)c1ccccc1C(=O)c1ccccc1. The number of rotatable bonds is 15. The Kier molecular flexibility index (Phi) is 11.5. The number of ether oxygens (including phenoxy) is 4. The highest BCUT2D eigenvalue weighted by molar-refractivity contribution is 6.15. The molecule has 0 radical (unpaired) electrons. The summed E-state index contributed by atoms with van der Waals surface area (Å²) in [4.78, 5) is 51.0. The molecule has 0 saturated carbocycles. The van der Waals surface area contributed by atoms with Crippen LogP contribution in [0.2, 0.25) is 0 Å². The summed E-state index contributed by atoms with van der Waals surface area (Å²) in [6.45, 7) is 2.28. The van der Waals surface area contributed by atoms with Gasteiger partial charge in [-0.1, -0.05) is 97.1 Å². The van der Waals surface area contributed by atoms with Gasteiger partial charge in [0.15, 0.2) is 11.6 Å². The van der Waals surface area contributed by atoms with Crippen molar-refractivity contribution in [3.63, 3.8) is 0 Å². The zero-order valence-corrected chi connectivity index (χ0v) is 23.8. The molecule has 4 aromatic carbocycles. The Morgan fingerprint density at radius 2 is 0.907 bits per heavy atom. The molecule has 4 rings (SSSR count). The second-order valence-electron chi connectivity index (χ2n) is 9.51. The van der Waals surface area contributed by atoms with E-state index < -0.39 is 11.9 Å². The van der Waals surface area contributed by atoms with Gasteiger partial charge in [0.25, 0.3) is 0 Å². The lowest BCUT2D eigenvalue weighted by atomic mass is 9.98. The van der Waals surface area contributed by atoms with Crippen molar-refractivity contribution in [2.45, 2.75) is 13.0 Å². The summed E-state index contributed by atoms with van der Waals surface area (Å²) in [6, 6.07) is 30.5. The molecule has 8 heteroatoms. The third kappa shape index (κ3) is 8.78. The highest BCUT2D eigenvalue weighted by Gasteiger charge is 2.20. The van der Waals surface area contributed by atoms with Gasteiger partial charge in [-0.3, -0.25) is 9.59 Å². The lowest BCUT2D eigenvalue weighted by Gasteiger charge is -2.14. The van der Waals surface area contributed by atoms with Gasteiger partial charge in [0.1, 0.15) is 13.2 Å². The van der Waals surface area contributed by atoms with Crippen LogP contribution in [0.25, 0.3) is 0 Å². The number of ketones is 2. The molecule has 43 heavy (non-hydrogen) atoms. The Morgan fingerprint density at radius 3 is 1.37 bits per heavy atom. The third-order valence-electron chi connectivity index (χ3n) is 6.39. The summed E-state index contributed by atoms with van der Waals surface area (Å²) < 4.78 is 21.8. The molecule has 0 spiro atoms. The number of hydrogen-bond donors (Lipinski definition) is 0.